The third-order valence-corrected chi connectivity index (χ3v) is 3.94. The van der Waals surface area contributed by atoms with Crippen LogP contribution in [0.1, 0.15) is 43.2 Å². The first-order valence-corrected chi connectivity index (χ1v) is 6.16. The van der Waals surface area contributed by atoms with Crippen LogP contribution < -0.4 is 0 Å². The summed E-state index contributed by atoms with van der Waals surface area (Å²) in [6.07, 6.45) is 0.0610. The van der Waals surface area contributed by atoms with Crippen molar-refractivity contribution >= 4 is 17.6 Å². The maximum absolute atomic E-state index is 12.5. The molecule has 98 valence electrons. The highest BCUT2D eigenvalue weighted by Crippen LogP contribution is 2.44. The van der Waals surface area contributed by atoms with E-state index in [0.29, 0.717) is 18.4 Å². The van der Waals surface area contributed by atoms with E-state index in [9.17, 15) is 18.7 Å². The van der Waals surface area contributed by atoms with E-state index in [0.717, 1.165) is 12.8 Å². The van der Waals surface area contributed by atoms with Crippen molar-refractivity contribution in [2.45, 2.75) is 37.5 Å². The van der Waals surface area contributed by atoms with E-state index < -0.39 is 17.8 Å². The predicted octanol–water partition coefficient (Wildman–Crippen LogP) is 4.17. The Morgan fingerprint density at radius 1 is 1.33 bits per heavy atom. The lowest BCUT2D eigenvalue weighted by Gasteiger charge is -2.25. The van der Waals surface area contributed by atoms with E-state index in [4.69, 9.17) is 11.6 Å². The number of benzene rings is 1. The predicted molar refractivity (Wildman–Crippen MR) is 64.2 cm³/mol. The fraction of sp³-hybridized carbons (Fsp3) is 0.462. The molecule has 1 aromatic rings. The highest BCUT2D eigenvalue weighted by Gasteiger charge is 2.44. The lowest BCUT2D eigenvalue weighted by molar-refractivity contribution is -0.143. The van der Waals surface area contributed by atoms with Gasteiger partial charge in [0.05, 0.1) is 5.41 Å². The molecule has 0 radical (unpaired) electrons. The number of hydrogen-bond acceptors (Lipinski definition) is 1. The Morgan fingerprint density at radius 2 is 1.94 bits per heavy atom. The monoisotopic (exact) mass is 274 g/mol. The van der Waals surface area contributed by atoms with Crippen LogP contribution in [0.2, 0.25) is 5.02 Å². The third-order valence-electron chi connectivity index (χ3n) is 3.63. The molecule has 18 heavy (non-hydrogen) atoms. The number of aliphatic carboxylic acids is 1. The van der Waals surface area contributed by atoms with Crippen LogP contribution in [0.5, 0.6) is 0 Å². The number of rotatable bonds is 3. The Hall–Kier alpha value is -1.16. The molecule has 0 bridgehead atoms. The average Bonchev–Trinajstić information content (AvgIpc) is 2.78. The molecule has 1 saturated carbocycles. The van der Waals surface area contributed by atoms with Gasteiger partial charge in [0.15, 0.2) is 0 Å². The molecule has 0 aliphatic heterocycles. The minimum Gasteiger partial charge on any atom is -0.481 e. The fourth-order valence-corrected chi connectivity index (χ4v) is 3.00. The van der Waals surface area contributed by atoms with Gasteiger partial charge in [-0.05, 0) is 24.5 Å². The summed E-state index contributed by atoms with van der Waals surface area (Å²) in [4.78, 5) is 11.5. The van der Waals surface area contributed by atoms with Gasteiger partial charge < -0.3 is 5.11 Å². The zero-order chi connectivity index (χ0) is 13.3. The summed E-state index contributed by atoms with van der Waals surface area (Å²) in [7, 11) is 0. The molecule has 1 N–H and O–H groups in total. The van der Waals surface area contributed by atoms with E-state index in [2.05, 4.69) is 0 Å². The Labute approximate surface area is 109 Å². The van der Waals surface area contributed by atoms with Gasteiger partial charge in [0.1, 0.15) is 0 Å². The summed E-state index contributed by atoms with van der Waals surface area (Å²) in [6, 6.07) is 3.86. The summed E-state index contributed by atoms with van der Waals surface area (Å²) in [5.74, 6) is -0.924. The normalized spacial score (nSPS) is 18.2. The lowest BCUT2D eigenvalue weighted by Crippen LogP contribution is -2.32. The summed E-state index contributed by atoms with van der Waals surface area (Å²) in [5.41, 5.74) is -0.724. The summed E-state index contributed by atoms with van der Waals surface area (Å²) in [6.45, 7) is 0. The molecule has 0 heterocycles. The van der Waals surface area contributed by atoms with Crippen LogP contribution >= 0.6 is 11.6 Å². The van der Waals surface area contributed by atoms with Gasteiger partial charge in [-0.1, -0.05) is 36.6 Å². The SMILES string of the molecule is O=C(O)C1(c2ccc(C(F)F)cc2Cl)CCCC1. The minimum absolute atomic E-state index is 0.122. The second kappa shape index (κ2) is 4.84. The van der Waals surface area contributed by atoms with Gasteiger partial charge in [-0.3, -0.25) is 4.79 Å². The molecule has 2 nitrogen and oxygen atoms in total. The Kier molecular flexibility index (Phi) is 3.57. The Morgan fingerprint density at radius 3 is 2.39 bits per heavy atom. The maximum Gasteiger partial charge on any atom is 0.314 e. The first kappa shape index (κ1) is 13.3. The maximum atomic E-state index is 12.5. The highest BCUT2D eigenvalue weighted by molar-refractivity contribution is 6.31. The number of carboxylic acids is 1. The fourth-order valence-electron chi connectivity index (χ4n) is 2.63. The molecule has 1 aromatic carbocycles. The van der Waals surface area contributed by atoms with Crippen molar-refractivity contribution in [2.24, 2.45) is 0 Å². The van der Waals surface area contributed by atoms with E-state index in [1.165, 1.54) is 18.2 Å². The van der Waals surface area contributed by atoms with Gasteiger partial charge in [0.2, 0.25) is 0 Å². The smallest absolute Gasteiger partial charge is 0.314 e. The van der Waals surface area contributed by atoms with Crippen LogP contribution in [0, 0.1) is 0 Å². The second-order valence-corrected chi connectivity index (χ2v) is 5.04. The van der Waals surface area contributed by atoms with Crippen molar-refractivity contribution < 1.29 is 18.7 Å². The number of carbonyl (C=O) groups is 1. The van der Waals surface area contributed by atoms with Gasteiger partial charge in [0.25, 0.3) is 6.43 Å². The van der Waals surface area contributed by atoms with Crippen molar-refractivity contribution in [1.29, 1.82) is 0 Å². The van der Waals surface area contributed by atoms with Crippen molar-refractivity contribution in [3.8, 4) is 0 Å². The molecule has 0 amide bonds. The standard InChI is InChI=1S/C13H13ClF2O2/c14-10-7-8(11(15)16)3-4-9(10)13(12(17)18)5-1-2-6-13/h3-4,7,11H,1-2,5-6H2,(H,17,18). The minimum atomic E-state index is -2.60. The molecular formula is C13H13ClF2O2. The summed E-state index contributed by atoms with van der Waals surface area (Å²) < 4.78 is 25.1. The first-order valence-electron chi connectivity index (χ1n) is 5.79. The molecule has 2 rings (SSSR count). The van der Waals surface area contributed by atoms with Gasteiger partial charge in [-0.2, -0.15) is 0 Å². The number of alkyl halides is 2. The highest BCUT2D eigenvalue weighted by atomic mass is 35.5. The Bertz CT molecular complexity index is 468. The number of hydrogen-bond donors (Lipinski definition) is 1. The molecule has 1 fully saturated rings. The van der Waals surface area contributed by atoms with Crippen molar-refractivity contribution in [2.75, 3.05) is 0 Å². The molecular weight excluding hydrogens is 262 g/mol. The zero-order valence-corrected chi connectivity index (χ0v) is 10.4. The molecule has 1 aliphatic carbocycles. The quantitative estimate of drug-likeness (QED) is 0.898. The molecule has 1 aliphatic rings. The van der Waals surface area contributed by atoms with Crippen molar-refractivity contribution in [3.05, 3.63) is 34.3 Å². The lowest BCUT2D eigenvalue weighted by atomic mass is 9.78. The van der Waals surface area contributed by atoms with E-state index in [1.807, 2.05) is 0 Å². The van der Waals surface area contributed by atoms with Gasteiger partial charge in [-0.15, -0.1) is 0 Å². The molecule has 0 spiro atoms. The Balaban J connectivity index is 2.47. The average molecular weight is 275 g/mol. The van der Waals surface area contributed by atoms with Crippen LogP contribution in [-0.2, 0) is 10.2 Å². The largest absolute Gasteiger partial charge is 0.481 e. The van der Waals surface area contributed by atoms with E-state index in [-0.39, 0.29) is 10.6 Å². The van der Waals surface area contributed by atoms with Gasteiger partial charge in [0, 0.05) is 10.6 Å². The van der Waals surface area contributed by atoms with Crippen LogP contribution in [-0.4, -0.2) is 11.1 Å². The van der Waals surface area contributed by atoms with Crippen LogP contribution in [0.3, 0.4) is 0 Å². The van der Waals surface area contributed by atoms with Gasteiger partial charge in [-0.25, -0.2) is 8.78 Å². The van der Waals surface area contributed by atoms with Crippen molar-refractivity contribution in [3.63, 3.8) is 0 Å². The summed E-state index contributed by atoms with van der Waals surface area (Å²) in [5, 5.41) is 9.54. The van der Waals surface area contributed by atoms with Crippen LogP contribution in [0.15, 0.2) is 18.2 Å². The molecule has 0 unspecified atom stereocenters. The van der Waals surface area contributed by atoms with E-state index in [1.54, 1.807) is 0 Å². The molecule has 5 heteroatoms. The topological polar surface area (TPSA) is 37.3 Å². The van der Waals surface area contributed by atoms with Crippen LogP contribution in [0.4, 0.5) is 8.78 Å². The first-order chi connectivity index (χ1) is 8.47. The zero-order valence-electron chi connectivity index (χ0n) is 9.63. The molecule has 0 saturated heterocycles. The third kappa shape index (κ3) is 2.09. The van der Waals surface area contributed by atoms with Crippen molar-refractivity contribution in [1.82, 2.24) is 0 Å². The van der Waals surface area contributed by atoms with Gasteiger partial charge >= 0.3 is 5.97 Å². The second-order valence-electron chi connectivity index (χ2n) is 4.63. The summed E-state index contributed by atoms with van der Waals surface area (Å²) >= 11 is 5.99. The molecule has 0 atom stereocenters. The van der Waals surface area contributed by atoms with E-state index >= 15 is 0 Å². The molecule has 0 aromatic heterocycles. The van der Waals surface area contributed by atoms with Crippen LogP contribution in [0.25, 0.3) is 0 Å². The number of halogens is 3. The number of carboxylic acid groups (broad SMARTS) is 1.